The summed E-state index contributed by atoms with van der Waals surface area (Å²) >= 11 is 5.69. The molecular formula is C12H13ClN2O4. The predicted octanol–water partition coefficient (Wildman–Crippen LogP) is 1.10. The van der Waals surface area contributed by atoms with Crippen LogP contribution in [0.2, 0.25) is 5.02 Å². The van der Waals surface area contributed by atoms with Crippen molar-refractivity contribution in [3.8, 4) is 0 Å². The maximum Gasteiger partial charge on any atom is 0.305 e. The number of rotatable bonds is 4. The van der Waals surface area contributed by atoms with Crippen LogP contribution in [0.25, 0.3) is 0 Å². The van der Waals surface area contributed by atoms with Gasteiger partial charge in [0, 0.05) is 12.8 Å². The lowest BCUT2D eigenvalue weighted by Gasteiger charge is -2.26. The monoisotopic (exact) mass is 284 g/mol. The molecule has 1 fully saturated rings. The Bertz CT molecular complexity index is 483. The van der Waals surface area contributed by atoms with E-state index >= 15 is 0 Å². The number of hydrogen-bond donors (Lipinski definition) is 2. The van der Waals surface area contributed by atoms with E-state index in [1.165, 1.54) is 12.3 Å². The molecule has 1 aromatic heterocycles. The Morgan fingerprint density at radius 3 is 2.84 bits per heavy atom. The molecule has 7 heteroatoms. The first-order chi connectivity index (χ1) is 9.01. The van der Waals surface area contributed by atoms with Gasteiger partial charge in [-0.2, -0.15) is 0 Å². The van der Waals surface area contributed by atoms with Crippen LogP contribution in [0.3, 0.4) is 0 Å². The van der Waals surface area contributed by atoms with Crippen molar-refractivity contribution in [1.29, 1.82) is 0 Å². The number of carbonyl (C=O) groups excluding carboxylic acids is 1. The molecule has 1 saturated heterocycles. The Balaban J connectivity index is 2.11. The molecule has 0 saturated carbocycles. The lowest BCUT2D eigenvalue weighted by Crippen LogP contribution is -2.50. The molecular weight excluding hydrogens is 272 g/mol. The van der Waals surface area contributed by atoms with Crippen molar-refractivity contribution >= 4 is 23.5 Å². The lowest BCUT2D eigenvalue weighted by atomic mass is 9.94. The zero-order chi connectivity index (χ0) is 13.9. The molecule has 0 aliphatic carbocycles. The number of carboxylic acids is 1. The Hall–Kier alpha value is -1.66. The minimum absolute atomic E-state index is 0.174. The molecule has 1 aliphatic heterocycles. The minimum Gasteiger partial charge on any atom is -0.481 e. The third kappa shape index (κ3) is 3.42. The summed E-state index contributed by atoms with van der Waals surface area (Å²) in [5, 5.41) is 12.1. The Labute approximate surface area is 114 Å². The molecule has 0 spiro atoms. The van der Waals surface area contributed by atoms with Gasteiger partial charge in [0.25, 0.3) is 5.91 Å². The van der Waals surface area contributed by atoms with Crippen molar-refractivity contribution in [3.05, 3.63) is 29.0 Å². The summed E-state index contributed by atoms with van der Waals surface area (Å²) < 4.78 is 5.20. The number of amides is 1. The number of nitrogens with one attached hydrogen (secondary N) is 1. The van der Waals surface area contributed by atoms with E-state index in [2.05, 4.69) is 10.3 Å². The molecule has 102 valence electrons. The molecule has 6 nitrogen and oxygen atoms in total. The number of aromatic nitrogens is 1. The molecule has 1 unspecified atom stereocenters. The largest absolute Gasteiger partial charge is 0.481 e. The average molecular weight is 285 g/mol. The number of halogens is 1. The second-order valence-electron chi connectivity index (χ2n) is 4.47. The van der Waals surface area contributed by atoms with E-state index in [0.717, 1.165) is 0 Å². The van der Waals surface area contributed by atoms with Crippen LogP contribution in [0.4, 0.5) is 0 Å². The zero-order valence-corrected chi connectivity index (χ0v) is 10.8. The number of carbonyl (C=O) groups is 2. The first kappa shape index (κ1) is 13.8. The first-order valence-corrected chi connectivity index (χ1v) is 6.12. The number of hydrogen-bond acceptors (Lipinski definition) is 4. The summed E-state index contributed by atoms with van der Waals surface area (Å²) in [7, 11) is 0. The summed E-state index contributed by atoms with van der Waals surface area (Å²) in [6, 6.07) is 3.04. The molecule has 2 rings (SSSR count). The second-order valence-corrected chi connectivity index (χ2v) is 4.91. The van der Waals surface area contributed by atoms with Crippen LogP contribution in [0.5, 0.6) is 0 Å². The fraction of sp³-hybridized carbons (Fsp3) is 0.417. The highest BCUT2D eigenvalue weighted by Gasteiger charge is 2.38. The summed E-state index contributed by atoms with van der Waals surface area (Å²) in [5.41, 5.74) is -0.661. The molecule has 1 atom stereocenters. The summed E-state index contributed by atoms with van der Waals surface area (Å²) in [5.74, 6) is -1.40. The van der Waals surface area contributed by atoms with Gasteiger partial charge >= 0.3 is 5.97 Å². The zero-order valence-electron chi connectivity index (χ0n) is 10.1. The molecule has 2 N–H and O–H groups in total. The number of aliphatic carboxylic acids is 1. The van der Waals surface area contributed by atoms with Crippen LogP contribution in [-0.2, 0) is 9.53 Å². The van der Waals surface area contributed by atoms with Crippen LogP contribution in [0.1, 0.15) is 23.3 Å². The Kier molecular flexibility index (Phi) is 4.01. The summed E-state index contributed by atoms with van der Waals surface area (Å²) in [6.45, 7) is 0.625. The first-order valence-electron chi connectivity index (χ1n) is 5.74. The number of carboxylic acid groups (broad SMARTS) is 1. The van der Waals surface area contributed by atoms with Crippen LogP contribution >= 0.6 is 11.6 Å². The third-order valence-corrected chi connectivity index (χ3v) is 3.16. The van der Waals surface area contributed by atoms with Gasteiger partial charge in [-0.15, -0.1) is 0 Å². The molecule has 1 amide bonds. The van der Waals surface area contributed by atoms with E-state index in [4.69, 9.17) is 21.4 Å². The molecule has 19 heavy (non-hydrogen) atoms. The van der Waals surface area contributed by atoms with Gasteiger partial charge in [0.05, 0.1) is 23.6 Å². The molecule has 0 bridgehead atoms. The quantitative estimate of drug-likeness (QED) is 0.864. The highest BCUT2D eigenvalue weighted by atomic mass is 35.5. The van der Waals surface area contributed by atoms with Crippen molar-refractivity contribution in [2.24, 2.45) is 0 Å². The van der Waals surface area contributed by atoms with Gasteiger partial charge in [0.2, 0.25) is 0 Å². The highest BCUT2D eigenvalue weighted by Crippen LogP contribution is 2.23. The van der Waals surface area contributed by atoms with Crippen LogP contribution < -0.4 is 5.32 Å². The second kappa shape index (κ2) is 5.54. The molecule has 1 aliphatic rings. The van der Waals surface area contributed by atoms with Gasteiger partial charge in [-0.05, 0) is 18.6 Å². The van der Waals surface area contributed by atoms with Gasteiger partial charge in [-0.3, -0.25) is 9.59 Å². The molecule has 2 heterocycles. The van der Waals surface area contributed by atoms with E-state index in [9.17, 15) is 9.59 Å². The van der Waals surface area contributed by atoms with E-state index in [1.807, 2.05) is 0 Å². The Morgan fingerprint density at radius 2 is 2.32 bits per heavy atom. The minimum atomic E-state index is -0.977. The fourth-order valence-corrected chi connectivity index (χ4v) is 2.11. The average Bonchev–Trinajstić information content (AvgIpc) is 2.77. The van der Waals surface area contributed by atoms with Crippen molar-refractivity contribution in [2.75, 3.05) is 13.2 Å². The number of nitrogens with zero attached hydrogens (tertiary/aromatic N) is 1. The smallest absolute Gasteiger partial charge is 0.305 e. The van der Waals surface area contributed by atoms with Gasteiger partial charge in [-0.1, -0.05) is 11.6 Å². The van der Waals surface area contributed by atoms with Crippen molar-refractivity contribution < 1.29 is 19.4 Å². The topological polar surface area (TPSA) is 88.5 Å². The Morgan fingerprint density at radius 1 is 1.53 bits per heavy atom. The van der Waals surface area contributed by atoms with Gasteiger partial charge in [-0.25, -0.2) is 4.98 Å². The van der Waals surface area contributed by atoms with E-state index < -0.39 is 17.4 Å². The number of ether oxygens (including phenoxy) is 1. The fourth-order valence-electron chi connectivity index (χ4n) is 1.99. The van der Waals surface area contributed by atoms with Crippen LogP contribution in [0.15, 0.2) is 18.3 Å². The van der Waals surface area contributed by atoms with E-state index in [-0.39, 0.29) is 18.7 Å². The standard InChI is InChI=1S/C12H13ClN2O4/c13-8-1-2-9(14-6-8)11(18)15-12(5-10(16)17)3-4-19-7-12/h1-2,6H,3-5,7H2,(H,15,18)(H,16,17). The van der Waals surface area contributed by atoms with E-state index in [1.54, 1.807) is 6.07 Å². The van der Waals surface area contributed by atoms with Gasteiger partial charge in [0.15, 0.2) is 0 Å². The highest BCUT2D eigenvalue weighted by molar-refractivity contribution is 6.30. The summed E-state index contributed by atoms with van der Waals surface area (Å²) in [6.07, 6.45) is 1.66. The van der Waals surface area contributed by atoms with Crippen LogP contribution in [-0.4, -0.2) is 40.7 Å². The van der Waals surface area contributed by atoms with E-state index in [0.29, 0.717) is 18.1 Å². The molecule has 0 radical (unpaired) electrons. The maximum atomic E-state index is 12.0. The maximum absolute atomic E-state index is 12.0. The molecule has 0 aromatic carbocycles. The van der Waals surface area contributed by atoms with Gasteiger partial charge < -0.3 is 15.2 Å². The van der Waals surface area contributed by atoms with Crippen molar-refractivity contribution in [2.45, 2.75) is 18.4 Å². The van der Waals surface area contributed by atoms with Crippen LogP contribution in [0, 0.1) is 0 Å². The third-order valence-electron chi connectivity index (χ3n) is 2.93. The summed E-state index contributed by atoms with van der Waals surface area (Å²) in [4.78, 5) is 26.8. The SMILES string of the molecule is O=C(O)CC1(NC(=O)c2ccc(Cl)cn2)CCOC1. The lowest BCUT2D eigenvalue weighted by molar-refractivity contribution is -0.138. The normalized spacial score (nSPS) is 22.2. The van der Waals surface area contributed by atoms with Gasteiger partial charge in [0.1, 0.15) is 5.69 Å². The van der Waals surface area contributed by atoms with Crippen molar-refractivity contribution in [1.82, 2.24) is 10.3 Å². The molecule has 1 aromatic rings. The van der Waals surface area contributed by atoms with Crippen molar-refractivity contribution in [3.63, 3.8) is 0 Å². The number of pyridine rings is 1. The predicted molar refractivity (Wildman–Crippen MR) is 67.1 cm³/mol.